The molecule has 2 nitrogen and oxygen atoms in total. The standard InChI is InChI=1S/C20H16F3NO/c21-20(22,23)25-18-11-9-15(10-12-18)19(24)17-8-4-7-16(13-17)14-5-2-1-3-6-14/h1-13,19H,24H2/t19-/m1/s1. The highest BCUT2D eigenvalue weighted by Crippen LogP contribution is 2.28. The Bertz CT molecular complexity index is 830. The summed E-state index contributed by atoms with van der Waals surface area (Å²) in [4.78, 5) is 0. The fourth-order valence-corrected chi connectivity index (χ4v) is 2.61. The van der Waals surface area contributed by atoms with E-state index in [-0.39, 0.29) is 5.75 Å². The van der Waals surface area contributed by atoms with Gasteiger partial charge in [-0.25, -0.2) is 0 Å². The summed E-state index contributed by atoms with van der Waals surface area (Å²) >= 11 is 0. The first kappa shape index (κ1) is 17.0. The summed E-state index contributed by atoms with van der Waals surface area (Å²) in [5.74, 6) is -0.263. The van der Waals surface area contributed by atoms with Crippen LogP contribution in [0.3, 0.4) is 0 Å². The van der Waals surface area contributed by atoms with Crippen LogP contribution in [0.5, 0.6) is 5.75 Å². The smallest absolute Gasteiger partial charge is 0.406 e. The Kier molecular flexibility index (Phi) is 4.76. The summed E-state index contributed by atoms with van der Waals surface area (Å²) in [7, 11) is 0. The third kappa shape index (κ3) is 4.39. The molecule has 25 heavy (non-hydrogen) atoms. The van der Waals surface area contributed by atoms with Gasteiger partial charge in [-0.2, -0.15) is 0 Å². The van der Waals surface area contributed by atoms with Crippen molar-refractivity contribution in [1.29, 1.82) is 0 Å². The SMILES string of the molecule is N[C@H](c1ccc(OC(F)(F)F)cc1)c1cccc(-c2ccccc2)c1. The molecule has 0 aliphatic rings. The van der Waals surface area contributed by atoms with Gasteiger partial charge in [-0.1, -0.05) is 60.7 Å². The van der Waals surface area contributed by atoms with E-state index in [4.69, 9.17) is 5.73 Å². The normalized spacial score (nSPS) is 12.6. The van der Waals surface area contributed by atoms with Gasteiger partial charge in [0.2, 0.25) is 0 Å². The molecule has 0 aliphatic heterocycles. The number of alkyl halides is 3. The molecular formula is C20H16F3NO. The summed E-state index contributed by atoms with van der Waals surface area (Å²) in [6.07, 6.45) is -4.70. The highest BCUT2D eigenvalue weighted by atomic mass is 19.4. The van der Waals surface area contributed by atoms with E-state index in [9.17, 15) is 13.2 Å². The summed E-state index contributed by atoms with van der Waals surface area (Å²) < 4.78 is 40.6. The van der Waals surface area contributed by atoms with E-state index in [1.807, 2.05) is 54.6 Å². The molecule has 0 bridgehead atoms. The van der Waals surface area contributed by atoms with E-state index in [1.165, 1.54) is 12.1 Å². The molecule has 0 aromatic heterocycles. The zero-order valence-corrected chi connectivity index (χ0v) is 13.2. The molecule has 0 spiro atoms. The number of hydrogen-bond acceptors (Lipinski definition) is 2. The largest absolute Gasteiger partial charge is 0.573 e. The van der Waals surface area contributed by atoms with Gasteiger partial charge in [-0.15, -0.1) is 13.2 Å². The third-order valence-corrected chi connectivity index (χ3v) is 3.83. The van der Waals surface area contributed by atoms with Gasteiger partial charge in [0.15, 0.2) is 0 Å². The number of hydrogen-bond donors (Lipinski definition) is 1. The van der Waals surface area contributed by atoms with Gasteiger partial charge in [-0.3, -0.25) is 0 Å². The molecule has 1 atom stereocenters. The second-order valence-corrected chi connectivity index (χ2v) is 5.59. The molecule has 0 amide bonds. The lowest BCUT2D eigenvalue weighted by Gasteiger charge is -2.15. The zero-order chi connectivity index (χ0) is 17.9. The van der Waals surface area contributed by atoms with Crippen molar-refractivity contribution in [2.24, 2.45) is 5.73 Å². The van der Waals surface area contributed by atoms with Crippen molar-refractivity contribution >= 4 is 0 Å². The number of halogens is 3. The van der Waals surface area contributed by atoms with E-state index in [1.54, 1.807) is 12.1 Å². The maximum atomic E-state index is 12.2. The van der Waals surface area contributed by atoms with E-state index in [0.717, 1.165) is 16.7 Å². The van der Waals surface area contributed by atoms with E-state index in [0.29, 0.717) is 5.56 Å². The molecule has 0 fully saturated rings. The van der Waals surface area contributed by atoms with Crippen LogP contribution in [0.25, 0.3) is 11.1 Å². The third-order valence-electron chi connectivity index (χ3n) is 3.83. The number of benzene rings is 3. The van der Waals surface area contributed by atoms with Crippen LogP contribution >= 0.6 is 0 Å². The van der Waals surface area contributed by atoms with Gasteiger partial charge in [0.25, 0.3) is 0 Å². The topological polar surface area (TPSA) is 35.2 Å². The molecule has 0 radical (unpaired) electrons. The summed E-state index contributed by atoms with van der Waals surface area (Å²) in [6, 6.07) is 22.9. The Morgan fingerprint density at radius 3 is 2.00 bits per heavy atom. The fourth-order valence-electron chi connectivity index (χ4n) is 2.61. The van der Waals surface area contributed by atoms with Crippen LogP contribution in [0.1, 0.15) is 17.2 Å². The number of ether oxygens (including phenoxy) is 1. The predicted molar refractivity (Wildman–Crippen MR) is 91.0 cm³/mol. The lowest BCUT2D eigenvalue weighted by Crippen LogP contribution is -2.17. The fraction of sp³-hybridized carbons (Fsp3) is 0.100. The molecule has 2 N–H and O–H groups in total. The van der Waals surface area contributed by atoms with Gasteiger partial charge in [0.1, 0.15) is 5.75 Å². The molecule has 3 rings (SSSR count). The van der Waals surface area contributed by atoms with Crippen molar-refractivity contribution in [3.8, 4) is 16.9 Å². The van der Waals surface area contributed by atoms with Crippen LogP contribution in [0.15, 0.2) is 78.9 Å². The Balaban J connectivity index is 1.82. The zero-order valence-electron chi connectivity index (χ0n) is 13.2. The Hall–Kier alpha value is -2.79. The van der Waals surface area contributed by atoms with Crippen LogP contribution in [0.4, 0.5) is 13.2 Å². The Morgan fingerprint density at radius 1 is 0.720 bits per heavy atom. The lowest BCUT2D eigenvalue weighted by molar-refractivity contribution is -0.274. The molecule has 0 saturated heterocycles. The van der Waals surface area contributed by atoms with Crippen LogP contribution in [-0.2, 0) is 0 Å². The Morgan fingerprint density at radius 2 is 1.36 bits per heavy atom. The first-order valence-corrected chi connectivity index (χ1v) is 7.69. The van der Waals surface area contributed by atoms with Crippen LogP contribution in [0, 0.1) is 0 Å². The predicted octanol–water partition coefficient (Wildman–Crippen LogP) is 5.30. The van der Waals surface area contributed by atoms with Crippen molar-refractivity contribution in [2.75, 3.05) is 0 Å². The molecule has 0 aliphatic carbocycles. The molecule has 128 valence electrons. The van der Waals surface area contributed by atoms with Crippen molar-refractivity contribution in [3.63, 3.8) is 0 Å². The maximum Gasteiger partial charge on any atom is 0.573 e. The van der Waals surface area contributed by atoms with E-state index >= 15 is 0 Å². The van der Waals surface area contributed by atoms with E-state index in [2.05, 4.69) is 4.74 Å². The first-order chi connectivity index (χ1) is 11.9. The minimum atomic E-state index is -4.70. The second kappa shape index (κ2) is 6.99. The van der Waals surface area contributed by atoms with Gasteiger partial charge in [-0.05, 0) is 40.5 Å². The van der Waals surface area contributed by atoms with Crippen molar-refractivity contribution in [1.82, 2.24) is 0 Å². The minimum Gasteiger partial charge on any atom is -0.406 e. The summed E-state index contributed by atoms with van der Waals surface area (Å²) in [6.45, 7) is 0. The average Bonchev–Trinajstić information content (AvgIpc) is 2.61. The Labute approximate surface area is 143 Å². The molecule has 0 heterocycles. The monoisotopic (exact) mass is 343 g/mol. The highest BCUT2D eigenvalue weighted by molar-refractivity contribution is 5.64. The average molecular weight is 343 g/mol. The van der Waals surface area contributed by atoms with Gasteiger partial charge >= 0.3 is 6.36 Å². The molecule has 5 heteroatoms. The summed E-state index contributed by atoms with van der Waals surface area (Å²) in [5, 5.41) is 0. The van der Waals surface area contributed by atoms with Crippen molar-refractivity contribution in [2.45, 2.75) is 12.4 Å². The molecule has 3 aromatic rings. The second-order valence-electron chi connectivity index (χ2n) is 5.59. The first-order valence-electron chi connectivity index (χ1n) is 7.69. The van der Waals surface area contributed by atoms with Crippen molar-refractivity contribution in [3.05, 3.63) is 90.0 Å². The quantitative estimate of drug-likeness (QED) is 0.698. The summed E-state index contributed by atoms with van der Waals surface area (Å²) in [5.41, 5.74) is 9.97. The molecule has 3 aromatic carbocycles. The van der Waals surface area contributed by atoms with Crippen LogP contribution in [-0.4, -0.2) is 6.36 Å². The molecule has 0 unspecified atom stereocenters. The minimum absolute atomic E-state index is 0.263. The maximum absolute atomic E-state index is 12.2. The van der Waals surface area contributed by atoms with E-state index < -0.39 is 12.4 Å². The highest BCUT2D eigenvalue weighted by Gasteiger charge is 2.31. The van der Waals surface area contributed by atoms with Crippen molar-refractivity contribution < 1.29 is 17.9 Å². The molecular weight excluding hydrogens is 327 g/mol. The number of nitrogens with two attached hydrogens (primary N) is 1. The lowest BCUT2D eigenvalue weighted by atomic mass is 9.96. The molecule has 0 saturated carbocycles. The van der Waals surface area contributed by atoms with Crippen LogP contribution < -0.4 is 10.5 Å². The van der Waals surface area contributed by atoms with Gasteiger partial charge < -0.3 is 10.5 Å². The van der Waals surface area contributed by atoms with Crippen LogP contribution in [0.2, 0.25) is 0 Å². The number of rotatable bonds is 4. The van der Waals surface area contributed by atoms with Gasteiger partial charge in [0.05, 0.1) is 6.04 Å². The van der Waals surface area contributed by atoms with Gasteiger partial charge in [0, 0.05) is 0 Å².